The van der Waals surface area contributed by atoms with Crippen molar-refractivity contribution in [2.24, 2.45) is 0 Å². The maximum Gasteiger partial charge on any atom is 0.178 e. The summed E-state index contributed by atoms with van der Waals surface area (Å²) in [6, 6.07) is 3.17. The summed E-state index contributed by atoms with van der Waals surface area (Å²) in [5, 5.41) is 9.27. The van der Waals surface area contributed by atoms with Crippen LogP contribution in [0.25, 0.3) is 0 Å². The largest absolute Gasteiger partial charge is 0.507 e. The van der Waals surface area contributed by atoms with E-state index < -0.39 is 0 Å². The lowest BCUT2D eigenvalue weighted by molar-refractivity contribution is 0.349. The van der Waals surface area contributed by atoms with Crippen LogP contribution in [-0.4, -0.2) is 19.3 Å². The lowest BCUT2D eigenvalue weighted by Crippen LogP contribution is -1.90. The molecule has 0 bridgehead atoms. The summed E-state index contributed by atoms with van der Waals surface area (Å²) >= 11 is 3.18. The first-order valence-corrected chi connectivity index (χ1v) is 4.09. The Hall–Kier alpha value is -0.900. The summed E-state index contributed by atoms with van der Waals surface area (Å²) in [6.07, 6.45) is 0. The fraction of sp³-hybridized carbons (Fsp3) is 0.250. The number of phenolic OH excluding ortho intramolecular Hbond substituents is 1. The van der Waals surface area contributed by atoms with Crippen LogP contribution < -0.4 is 9.47 Å². The van der Waals surface area contributed by atoms with Gasteiger partial charge in [0, 0.05) is 0 Å². The molecule has 0 atom stereocenters. The molecular formula is C8H9BrO3. The lowest BCUT2D eigenvalue weighted by atomic mass is 10.3. The number of phenols is 1. The van der Waals surface area contributed by atoms with E-state index in [9.17, 15) is 5.11 Å². The van der Waals surface area contributed by atoms with Crippen LogP contribution in [0.3, 0.4) is 0 Å². The minimum Gasteiger partial charge on any atom is -0.507 e. The summed E-state index contributed by atoms with van der Waals surface area (Å²) in [6.45, 7) is 0. The zero-order chi connectivity index (χ0) is 9.14. The van der Waals surface area contributed by atoms with Gasteiger partial charge in [-0.15, -0.1) is 0 Å². The van der Waals surface area contributed by atoms with Crippen molar-refractivity contribution >= 4 is 15.9 Å². The van der Waals surface area contributed by atoms with E-state index in [1.54, 1.807) is 13.2 Å². The molecule has 0 aliphatic carbocycles. The Balaban J connectivity index is 3.25. The first-order valence-electron chi connectivity index (χ1n) is 3.30. The van der Waals surface area contributed by atoms with Crippen molar-refractivity contribution < 1.29 is 14.6 Å². The standard InChI is InChI=1S/C8H9BrO3/c1-11-6-4-3-5(10)7(9)8(6)12-2/h3-4,10H,1-2H3. The van der Waals surface area contributed by atoms with Crippen molar-refractivity contribution in [3.63, 3.8) is 0 Å². The Labute approximate surface area is 79.1 Å². The van der Waals surface area contributed by atoms with Crippen LogP contribution in [0.5, 0.6) is 17.2 Å². The topological polar surface area (TPSA) is 38.7 Å². The van der Waals surface area contributed by atoms with E-state index in [1.165, 1.54) is 13.2 Å². The highest BCUT2D eigenvalue weighted by Gasteiger charge is 2.10. The monoisotopic (exact) mass is 232 g/mol. The first-order chi connectivity index (χ1) is 5.70. The Morgan fingerprint density at radius 2 is 1.92 bits per heavy atom. The molecule has 0 aliphatic heterocycles. The second-order valence-electron chi connectivity index (χ2n) is 2.13. The van der Waals surface area contributed by atoms with Crippen molar-refractivity contribution in [3.05, 3.63) is 16.6 Å². The Bertz CT molecular complexity index is 286. The third-order valence-corrected chi connectivity index (χ3v) is 2.23. The zero-order valence-corrected chi connectivity index (χ0v) is 8.38. The van der Waals surface area contributed by atoms with Gasteiger partial charge in [-0.1, -0.05) is 0 Å². The number of hydrogen-bond acceptors (Lipinski definition) is 3. The van der Waals surface area contributed by atoms with E-state index in [4.69, 9.17) is 9.47 Å². The van der Waals surface area contributed by atoms with Crippen LogP contribution >= 0.6 is 15.9 Å². The van der Waals surface area contributed by atoms with E-state index in [0.29, 0.717) is 16.0 Å². The van der Waals surface area contributed by atoms with Crippen LogP contribution in [0.2, 0.25) is 0 Å². The molecule has 0 heterocycles. The molecule has 0 spiro atoms. The molecule has 0 saturated carbocycles. The summed E-state index contributed by atoms with van der Waals surface area (Å²) in [5.41, 5.74) is 0. The number of rotatable bonds is 2. The number of benzene rings is 1. The minimum absolute atomic E-state index is 0.132. The molecule has 0 fully saturated rings. The van der Waals surface area contributed by atoms with Crippen molar-refractivity contribution in [1.29, 1.82) is 0 Å². The quantitative estimate of drug-likeness (QED) is 0.850. The van der Waals surface area contributed by atoms with E-state index in [2.05, 4.69) is 15.9 Å². The van der Waals surface area contributed by atoms with Crippen molar-refractivity contribution in [2.45, 2.75) is 0 Å². The zero-order valence-electron chi connectivity index (χ0n) is 6.80. The number of methoxy groups -OCH3 is 2. The molecule has 0 aromatic heterocycles. The second kappa shape index (κ2) is 3.67. The molecule has 1 N–H and O–H groups in total. The molecule has 1 rings (SSSR count). The third-order valence-electron chi connectivity index (χ3n) is 1.46. The van der Waals surface area contributed by atoms with Gasteiger partial charge in [-0.2, -0.15) is 0 Å². The highest BCUT2D eigenvalue weighted by atomic mass is 79.9. The number of halogens is 1. The molecule has 0 unspecified atom stereocenters. The average Bonchev–Trinajstić information content (AvgIpc) is 2.09. The predicted octanol–water partition coefficient (Wildman–Crippen LogP) is 2.17. The molecule has 0 amide bonds. The van der Waals surface area contributed by atoms with Crippen LogP contribution in [0.4, 0.5) is 0 Å². The van der Waals surface area contributed by atoms with Crippen LogP contribution in [0.15, 0.2) is 16.6 Å². The smallest absolute Gasteiger partial charge is 0.178 e. The Morgan fingerprint density at radius 3 is 2.42 bits per heavy atom. The average molecular weight is 233 g/mol. The van der Waals surface area contributed by atoms with E-state index in [1.807, 2.05) is 0 Å². The minimum atomic E-state index is 0.132. The molecule has 0 radical (unpaired) electrons. The fourth-order valence-electron chi connectivity index (χ4n) is 0.879. The van der Waals surface area contributed by atoms with Gasteiger partial charge < -0.3 is 14.6 Å². The SMILES string of the molecule is COc1ccc(O)c(Br)c1OC. The van der Waals surface area contributed by atoms with Gasteiger partial charge in [-0.05, 0) is 28.1 Å². The third kappa shape index (κ3) is 1.48. The van der Waals surface area contributed by atoms with E-state index in [0.717, 1.165) is 0 Å². The molecule has 66 valence electrons. The van der Waals surface area contributed by atoms with Crippen LogP contribution in [-0.2, 0) is 0 Å². The molecule has 1 aromatic carbocycles. The van der Waals surface area contributed by atoms with Gasteiger partial charge >= 0.3 is 0 Å². The lowest BCUT2D eigenvalue weighted by Gasteiger charge is -2.09. The van der Waals surface area contributed by atoms with Crippen LogP contribution in [0.1, 0.15) is 0 Å². The number of aromatic hydroxyl groups is 1. The molecule has 0 aliphatic rings. The van der Waals surface area contributed by atoms with E-state index >= 15 is 0 Å². The molecule has 3 nitrogen and oxygen atoms in total. The summed E-state index contributed by atoms with van der Waals surface area (Å²) in [4.78, 5) is 0. The highest BCUT2D eigenvalue weighted by Crippen LogP contribution is 2.40. The molecule has 12 heavy (non-hydrogen) atoms. The molecular weight excluding hydrogens is 224 g/mol. The molecule has 0 saturated heterocycles. The van der Waals surface area contributed by atoms with Gasteiger partial charge in [0.15, 0.2) is 11.5 Å². The van der Waals surface area contributed by atoms with Gasteiger partial charge in [0.1, 0.15) is 10.2 Å². The van der Waals surface area contributed by atoms with Gasteiger partial charge in [-0.3, -0.25) is 0 Å². The first kappa shape index (κ1) is 9.19. The fourth-order valence-corrected chi connectivity index (χ4v) is 1.37. The van der Waals surface area contributed by atoms with Gasteiger partial charge in [-0.25, -0.2) is 0 Å². The van der Waals surface area contributed by atoms with Gasteiger partial charge in [0.2, 0.25) is 0 Å². The number of ether oxygens (including phenoxy) is 2. The van der Waals surface area contributed by atoms with Gasteiger partial charge in [0.25, 0.3) is 0 Å². The van der Waals surface area contributed by atoms with E-state index in [-0.39, 0.29) is 5.75 Å². The Kier molecular flexibility index (Phi) is 2.81. The van der Waals surface area contributed by atoms with Crippen molar-refractivity contribution in [2.75, 3.05) is 14.2 Å². The highest BCUT2D eigenvalue weighted by molar-refractivity contribution is 9.10. The summed E-state index contributed by atoms with van der Waals surface area (Å²) in [5.74, 6) is 1.22. The predicted molar refractivity (Wildman–Crippen MR) is 48.9 cm³/mol. The maximum absolute atomic E-state index is 9.27. The molecule has 4 heteroatoms. The second-order valence-corrected chi connectivity index (χ2v) is 2.93. The number of hydrogen-bond donors (Lipinski definition) is 1. The molecule has 1 aromatic rings. The van der Waals surface area contributed by atoms with Crippen molar-refractivity contribution in [3.8, 4) is 17.2 Å². The van der Waals surface area contributed by atoms with Crippen LogP contribution in [0, 0.1) is 0 Å². The van der Waals surface area contributed by atoms with Gasteiger partial charge in [0.05, 0.1) is 14.2 Å². The van der Waals surface area contributed by atoms with Crippen molar-refractivity contribution in [1.82, 2.24) is 0 Å². The Morgan fingerprint density at radius 1 is 1.25 bits per heavy atom. The summed E-state index contributed by atoms with van der Waals surface area (Å²) in [7, 11) is 3.06. The normalized spacial score (nSPS) is 9.58. The maximum atomic E-state index is 9.27. The summed E-state index contributed by atoms with van der Waals surface area (Å²) < 4.78 is 10.5.